The van der Waals surface area contributed by atoms with Gasteiger partial charge in [0.05, 0.1) is 17.5 Å². The van der Waals surface area contributed by atoms with Gasteiger partial charge in [0, 0.05) is 0 Å². The number of anilines is 1. The van der Waals surface area contributed by atoms with E-state index in [1.165, 1.54) is 10.5 Å². The highest BCUT2D eigenvalue weighted by molar-refractivity contribution is 6.22. The number of carbonyl (C=O) groups is 2. The van der Waals surface area contributed by atoms with Crippen LogP contribution in [-0.2, 0) is 9.59 Å². The monoisotopic (exact) mass is 349 g/mol. The number of rotatable bonds is 3. The average molecular weight is 349 g/mol. The fourth-order valence-corrected chi connectivity index (χ4v) is 4.04. The van der Waals surface area contributed by atoms with Crippen LogP contribution >= 0.6 is 0 Å². The number of imide groups is 1. The molecule has 4 nitrogen and oxygen atoms in total. The minimum atomic E-state index is -0.123. The molecule has 1 aliphatic carbocycles. The first-order valence-electron chi connectivity index (χ1n) is 9.28. The molecular weight excluding hydrogens is 326 g/mol. The highest BCUT2D eigenvalue weighted by Crippen LogP contribution is 2.40. The molecule has 134 valence electrons. The van der Waals surface area contributed by atoms with E-state index < -0.39 is 0 Å². The molecule has 4 rings (SSSR count). The maximum atomic E-state index is 12.7. The number of fused-ring (bicyclic) bond motifs is 1. The van der Waals surface area contributed by atoms with Gasteiger partial charge in [-0.05, 0) is 68.1 Å². The molecule has 0 spiro atoms. The normalized spacial score (nSPS) is 22.5. The van der Waals surface area contributed by atoms with Crippen molar-refractivity contribution in [1.82, 2.24) is 0 Å². The zero-order chi connectivity index (χ0) is 18.3. The first-order chi connectivity index (χ1) is 12.6. The Bertz CT molecular complexity index is 832. The Hall–Kier alpha value is -2.62. The molecule has 26 heavy (non-hydrogen) atoms. The second-order valence-electron chi connectivity index (χ2n) is 7.30. The van der Waals surface area contributed by atoms with Crippen LogP contribution in [0.4, 0.5) is 5.69 Å². The Balaban J connectivity index is 1.55. The number of benzene rings is 2. The Morgan fingerprint density at radius 2 is 1.50 bits per heavy atom. The summed E-state index contributed by atoms with van der Waals surface area (Å²) in [7, 11) is 0. The van der Waals surface area contributed by atoms with E-state index in [0.29, 0.717) is 11.4 Å². The van der Waals surface area contributed by atoms with Crippen LogP contribution in [0.1, 0.15) is 36.8 Å². The molecule has 2 aromatic carbocycles. The zero-order valence-electron chi connectivity index (χ0n) is 15.2. The lowest BCUT2D eigenvalue weighted by molar-refractivity contribution is -0.122. The third-order valence-electron chi connectivity index (χ3n) is 5.72. The minimum Gasteiger partial charge on any atom is -0.457 e. The van der Waals surface area contributed by atoms with Crippen molar-refractivity contribution < 1.29 is 14.3 Å². The van der Waals surface area contributed by atoms with E-state index in [4.69, 9.17) is 4.74 Å². The van der Waals surface area contributed by atoms with Crippen LogP contribution in [0.2, 0.25) is 0 Å². The summed E-state index contributed by atoms with van der Waals surface area (Å²) in [6.45, 7) is 4.08. The molecule has 2 amide bonds. The molecule has 0 bridgehead atoms. The number of aryl methyl sites for hydroxylation is 1. The van der Waals surface area contributed by atoms with Crippen LogP contribution in [0.25, 0.3) is 0 Å². The van der Waals surface area contributed by atoms with Gasteiger partial charge in [0.15, 0.2) is 0 Å². The molecule has 2 fully saturated rings. The van der Waals surface area contributed by atoms with E-state index in [1.807, 2.05) is 31.2 Å². The first-order valence-corrected chi connectivity index (χ1v) is 9.28. The van der Waals surface area contributed by atoms with Gasteiger partial charge in [0.1, 0.15) is 11.5 Å². The van der Waals surface area contributed by atoms with Crippen LogP contribution in [0, 0.1) is 25.7 Å². The van der Waals surface area contributed by atoms with Crippen molar-refractivity contribution in [1.29, 1.82) is 0 Å². The third kappa shape index (κ3) is 2.79. The van der Waals surface area contributed by atoms with E-state index in [2.05, 4.69) is 13.0 Å². The lowest BCUT2D eigenvalue weighted by Gasteiger charge is -2.19. The van der Waals surface area contributed by atoms with E-state index >= 15 is 0 Å². The quantitative estimate of drug-likeness (QED) is 0.750. The number of nitrogens with zero attached hydrogens (tertiary/aromatic N) is 1. The Morgan fingerprint density at radius 1 is 0.885 bits per heavy atom. The highest BCUT2D eigenvalue weighted by atomic mass is 16.5. The van der Waals surface area contributed by atoms with Crippen molar-refractivity contribution in [3.8, 4) is 11.5 Å². The third-order valence-corrected chi connectivity index (χ3v) is 5.72. The molecule has 0 unspecified atom stereocenters. The summed E-state index contributed by atoms with van der Waals surface area (Å²) in [5, 5.41) is 0. The van der Waals surface area contributed by atoms with E-state index in [9.17, 15) is 9.59 Å². The minimum absolute atomic E-state index is 0.0390. The summed E-state index contributed by atoms with van der Waals surface area (Å²) in [6, 6.07) is 13.2. The lowest BCUT2D eigenvalue weighted by Crippen LogP contribution is -2.30. The first kappa shape index (κ1) is 16.8. The second-order valence-corrected chi connectivity index (χ2v) is 7.30. The van der Waals surface area contributed by atoms with Crippen molar-refractivity contribution in [3.63, 3.8) is 0 Å². The molecule has 1 aliphatic heterocycles. The summed E-state index contributed by atoms with van der Waals surface area (Å²) in [4.78, 5) is 26.7. The molecule has 2 aliphatic rings. The maximum absolute atomic E-state index is 12.7. The van der Waals surface area contributed by atoms with Crippen LogP contribution in [0.15, 0.2) is 42.5 Å². The van der Waals surface area contributed by atoms with Gasteiger partial charge in [-0.3, -0.25) is 14.5 Å². The molecule has 0 N–H and O–H groups in total. The van der Waals surface area contributed by atoms with Gasteiger partial charge in [-0.25, -0.2) is 0 Å². The fraction of sp³-hybridized carbons (Fsp3) is 0.364. The van der Waals surface area contributed by atoms with Crippen LogP contribution < -0.4 is 9.64 Å². The molecule has 1 saturated heterocycles. The molecule has 2 atom stereocenters. The summed E-state index contributed by atoms with van der Waals surface area (Å²) < 4.78 is 5.97. The number of hydrogen-bond donors (Lipinski definition) is 0. The smallest absolute Gasteiger partial charge is 0.237 e. The van der Waals surface area contributed by atoms with Gasteiger partial charge in [0.2, 0.25) is 11.8 Å². The Labute approximate surface area is 153 Å². The van der Waals surface area contributed by atoms with Crippen molar-refractivity contribution in [2.24, 2.45) is 11.8 Å². The van der Waals surface area contributed by atoms with Gasteiger partial charge in [-0.15, -0.1) is 0 Å². The molecule has 0 radical (unpaired) electrons. The molecule has 4 heteroatoms. The van der Waals surface area contributed by atoms with Gasteiger partial charge < -0.3 is 4.74 Å². The van der Waals surface area contributed by atoms with Crippen LogP contribution in [-0.4, -0.2) is 11.8 Å². The zero-order valence-corrected chi connectivity index (χ0v) is 15.2. The predicted molar refractivity (Wildman–Crippen MR) is 100 cm³/mol. The largest absolute Gasteiger partial charge is 0.457 e. The predicted octanol–water partition coefficient (Wildman–Crippen LogP) is 4.78. The number of ether oxygens (including phenoxy) is 1. The van der Waals surface area contributed by atoms with E-state index in [-0.39, 0.29) is 23.7 Å². The summed E-state index contributed by atoms with van der Waals surface area (Å²) >= 11 is 0. The van der Waals surface area contributed by atoms with Gasteiger partial charge in [0.25, 0.3) is 0 Å². The molecule has 1 heterocycles. The standard InChI is InChI=1S/C22H23NO3/c1-14-6-5-9-20(15(14)2)26-17-12-10-16(11-13-17)23-21(24)18-7-3-4-8-19(18)22(23)25/h5-6,9-13,18-19H,3-4,7-8H2,1-2H3/t18-,19-/m0/s1. The van der Waals surface area contributed by atoms with E-state index in [0.717, 1.165) is 37.0 Å². The van der Waals surface area contributed by atoms with Crippen molar-refractivity contribution in [2.45, 2.75) is 39.5 Å². The van der Waals surface area contributed by atoms with Crippen LogP contribution in [0.5, 0.6) is 11.5 Å². The van der Waals surface area contributed by atoms with Gasteiger partial charge in [-0.1, -0.05) is 25.0 Å². The summed E-state index contributed by atoms with van der Waals surface area (Å²) in [5.74, 6) is 1.19. The Morgan fingerprint density at radius 3 is 2.12 bits per heavy atom. The SMILES string of the molecule is Cc1cccc(Oc2ccc(N3C(=O)[C@H]4CCCC[C@@H]4C3=O)cc2)c1C. The van der Waals surface area contributed by atoms with Gasteiger partial charge in [-0.2, -0.15) is 0 Å². The highest BCUT2D eigenvalue weighted by Gasteiger charge is 2.48. The fourth-order valence-electron chi connectivity index (χ4n) is 4.04. The Kier molecular flexibility index (Phi) is 4.27. The number of hydrogen-bond acceptors (Lipinski definition) is 3. The van der Waals surface area contributed by atoms with Crippen molar-refractivity contribution in [3.05, 3.63) is 53.6 Å². The van der Waals surface area contributed by atoms with Crippen LogP contribution in [0.3, 0.4) is 0 Å². The van der Waals surface area contributed by atoms with Crippen molar-refractivity contribution >= 4 is 17.5 Å². The van der Waals surface area contributed by atoms with Crippen molar-refractivity contribution in [2.75, 3.05) is 4.90 Å². The molecule has 0 aromatic heterocycles. The lowest BCUT2D eigenvalue weighted by atomic mass is 9.81. The van der Waals surface area contributed by atoms with E-state index in [1.54, 1.807) is 12.1 Å². The summed E-state index contributed by atoms with van der Waals surface area (Å²) in [5.41, 5.74) is 2.92. The molecule has 1 saturated carbocycles. The number of carbonyl (C=O) groups excluding carboxylic acids is 2. The topological polar surface area (TPSA) is 46.6 Å². The second kappa shape index (κ2) is 6.60. The summed E-state index contributed by atoms with van der Waals surface area (Å²) in [6.07, 6.45) is 3.74. The maximum Gasteiger partial charge on any atom is 0.237 e. The number of amides is 2. The average Bonchev–Trinajstić information content (AvgIpc) is 2.91. The molecular formula is C22H23NO3. The van der Waals surface area contributed by atoms with Gasteiger partial charge >= 0.3 is 0 Å². The molecule has 2 aromatic rings.